The molecule has 0 aromatic heterocycles. The number of carbonyl (C=O) groups is 2. The molecule has 18 heavy (non-hydrogen) atoms. The van der Waals surface area contributed by atoms with Crippen molar-refractivity contribution in [3.63, 3.8) is 0 Å². The van der Waals surface area contributed by atoms with Crippen LogP contribution in [0, 0.1) is 11.8 Å². The van der Waals surface area contributed by atoms with E-state index in [4.69, 9.17) is 5.11 Å². The van der Waals surface area contributed by atoms with Gasteiger partial charge < -0.3 is 14.9 Å². The van der Waals surface area contributed by atoms with Gasteiger partial charge >= 0.3 is 12.0 Å². The number of amides is 2. The van der Waals surface area contributed by atoms with E-state index in [9.17, 15) is 9.59 Å². The van der Waals surface area contributed by atoms with Gasteiger partial charge in [-0.15, -0.1) is 0 Å². The largest absolute Gasteiger partial charge is 0.481 e. The number of likely N-dealkylation sites (tertiary alicyclic amines) is 2. The topological polar surface area (TPSA) is 60.9 Å². The molecule has 2 saturated heterocycles. The van der Waals surface area contributed by atoms with Gasteiger partial charge in [0.05, 0.1) is 6.42 Å². The molecule has 0 spiro atoms. The number of carbonyl (C=O) groups excluding carboxylic acids is 1. The van der Waals surface area contributed by atoms with E-state index in [2.05, 4.69) is 6.92 Å². The van der Waals surface area contributed by atoms with E-state index >= 15 is 0 Å². The molecule has 2 aliphatic rings. The minimum Gasteiger partial charge on any atom is -0.481 e. The molecule has 2 aliphatic heterocycles. The van der Waals surface area contributed by atoms with Crippen molar-refractivity contribution in [1.82, 2.24) is 9.80 Å². The van der Waals surface area contributed by atoms with E-state index < -0.39 is 5.97 Å². The van der Waals surface area contributed by atoms with Crippen LogP contribution in [0.15, 0.2) is 0 Å². The lowest BCUT2D eigenvalue weighted by Crippen LogP contribution is -2.56. The summed E-state index contributed by atoms with van der Waals surface area (Å²) in [6, 6.07) is 0.106. The summed E-state index contributed by atoms with van der Waals surface area (Å²) in [4.78, 5) is 26.4. The van der Waals surface area contributed by atoms with Crippen LogP contribution in [-0.2, 0) is 4.79 Å². The highest BCUT2D eigenvalue weighted by atomic mass is 16.4. The first-order chi connectivity index (χ1) is 8.60. The Kier molecular flexibility index (Phi) is 4.09. The maximum absolute atomic E-state index is 12.2. The van der Waals surface area contributed by atoms with Crippen LogP contribution in [0.1, 0.15) is 32.6 Å². The highest BCUT2D eigenvalue weighted by molar-refractivity contribution is 5.76. The average Bonchev–Trinajstić information content (AvgIpc) is 2.32. The summed E-state index contributed by atoms with van der Waals surface area (Å²) in [5, 5.41) is 8.68. The Labute approximate surface area is 108 Å². The average molecular weight is 254 g/mol. The third kappa shape index (κ3) is 2.94. The van der Waals surface area contributed by atoms with E-state index in [-0.39, 0.29) is 18.4 Å². The molecule has 1 atom stereocenters. The van der Waals surface area contributed by atoms with E-state index in [1.807, 2.05) is 4.90 Å². The summed E-state index contributed by atoms with van der Waals surface area (Å²) in [7, 11) is 0. The van der Waals surface area contributed by atoms with Crippen LogP contribution >= 0.6 is 0 Å². The summed E-state index contributed by atoms with van der Waals surface area (Å²) < 4.78 is 0. The summed E-state index contributed by atoms with van der Waals surface area (Å²) in [6.07, 6.45) is 3.63. The van der Waals surface area contributed by atoms with Crippen LogP contribution in [0.3, 0.4) is 0 Å². The zero-order valence-electron chi connectivity index (χ0n) is 11.0. The Morgan fingerprint density at radius 1 is 1.17 bits per heavy atom. The van der Waals surface area contributed by atoms with Gasteiger partial charge in [0.1, 0.15) is 0 Å². The van der Waals surface area contributed by atoms with Crippen LogP contribution in [0.4, 0.5) is 4.79 Å². The minimum atomic E-state index is -0.767. The predicted molar refractivity (Wildman–Crippen MR) is 67.3 cm³/mol. The van der Waals surface area contributed by atoms with Gasteiger partial charge in [0.2, 0.25) is 0 Å². The molecule has 102 valence electrons. The van der Waals surface area contributed by atoms with Gasteiger partial charge in [0, 0.05) is 32.1 Å². The number of carboxylic acids is 1. The third-order valence-electron chi connectivity index (χ3n) is 4.06. The van der Waals surface area contributed by atoms with Gasteiger partial charge in [-0.3, -0.25) is 4.79 Å². The Balaban J connectivity index is 1.77. The number of nitrogens with zero attached hydrogens (tertiary/aromatic N) is 2. The summed E-state index contributed by atoms with van der Waals surface area (Å²) >= 11 is 0. The molecule has 0 radical (unpaired) electrons. The zero-order valence-corrected chi connectivity index (χ0v) is 11.0. The fourth-order valence-electron chi connectivity index (χ4n) is 2.87. The maximum atomic E-state index is 12.2. The monoisotopic (exact) mass is 254 g/mol. The molecule has 2 amide bonds. The number of urea groups is 1. The van der Waals surface area contributed by atoms with Gasteiger partial charge in [-0.1, -0.05) is 13.3 Å². The molecule has 0 bridgehead atoms. The predicted octanol–water partition coefficient (Wildman–Crippen LogP) is 1.63. The fourth-order valence-corrected chi connectivity index (χ4v) is 2.87. The summed E-state index contributed by atoms with van der Waals surface area (Å²) in [5.74, 6) is 0.0214. The van der Waals surface area contributed by atoms with Crippen LogP contribution in [0.25, 0.3) is 0 Å². The number of rotatable bonds is 3. The molecule has 0 aliphatic carbocycles. The zero-order chi connectivity index (χ0) is 13.1. The maximum Gasteiger partial charge on any atom is 0.320 e. The van der Waals surface area contributed by atoms with Gasteiger partial charge in [0.15, 0.2) is 0 Å². The second-order valence-corrected chi connectivity index (χ2v) is 5.51. The fraction of sp³-hybridized carbons (Fsp3) is 0.846. The number of aliphatic carboxylic acids is 1. The second-order valence-electron chi connectivity index (χ2n) is 5.51. The molecule has 5 nitrogen and oxygen atoms in total. The van der Waals surface area contributed by atoms with Crippen LogP contribution in [-0.4, -0.2) is 53.1 Å². The van der Waals surface area contributed by atoms with Crippen molar-refractivity contribution in [2.24, 2.45) is 11.8 Å². The lowest BCUT2D eigenvalue weighted by atomic mass is 9.94. The number of carboxylic acid groups (broad SMARTS) is 1. The molecule has 0 saturated carbocycles. The van der Waals surface area contributed by atoms with Gasteiger partial charge in [0.25, 0.3) is 0 Å². The van der Waals surface area contributed by atoms with Crippen molar-refractivity contribution in [2.75, 3.05) is 26.2 Å². The van der Waals surface area contributed by atoms with E-state index in [0.717, 1.165) is 25.9 Å². The smallest absolute Gasteiger partial charge is 0.320 e. The first kappa shape index (κ1) is 13.2. The number of piperidine rings is 1. The molecule has 2 fully saturated rings. The first-order valence-corrected chi connectivity index (χ1v) is 6.85. The molecule has 1 N–H and O–H groups in total. The number of hydrogen-bond acceptors (Lipinski definition) is 2. The van der Waals surface area contributed by atoms with Crippen molar-refractivity contribution in [1.29, 1.82) is 0 Å². The Hall–Kier alpha value is -1.26. The van der Waals surface area contributed by atoms with Crippen LogP contribution < -0.4 is 0 Å². The standard InChI is InChI=1S/C13H22N2O3/c1-2-10-4-3-5-14(7-10)13(18)15-8-11(9-15)6-12(16)17/h10-11H,2-9H2,1H3,(H,16,17). The molecular weight excluding hydrogens is 232 g/mol. The molecule has 0 aromatic rings. The highest BCUT2D eigenvalue weighted by Gasteiger charge is 2.35. The summed E-state index contributed by atoms with van der Waals surface area (Å²) in [5.41, 5.74) is 0. The molecule has 1 unspecified atom stereocenters. The van der Waals surface area contributed by atoms with Crippen LogP contribution in [0.2, 0.25) is 0 Å². The Bertz CT molecular complexity index is 326. The minimum absolute atomic E-state index is 0.106. The van der Waals surface area contributed by atoms with E-state index in [0.29, 0.717) is 19.0 Å². The molecular formula is C13H22N2O3. The first-order valence-electron chi connectivity index (χ1n) is 6.85. The van der Waals surface area contributed by atoms with E-state index in [1.54, 1.807) is 4.90 Å². The van der Waals surface area contributed by atoms with Crippen molar-refractivity contribution in [3.8, 4) is 0 Å². The van der Waals surface area contributed by atoms with Crippen molar-refractivity contribution in [2.45, 2.75) is 32.6 Å². The molecule has 0 aromatic carbocycles. The normalized spacial score (nSPS) is 24.8. The van der Waals surface area contributed by atoms with Crippen molar-refractivity contribution < 1.29 is 14.7 Å². The lowest BCUT2D eigenvalue weighted by molar-refractivity contribution is -0.139. The van der Waals surface area contributed by atoms with Crippen molar-refractivity contribution >= 4 is 12.0 Å². The molecule has 2 rings (SSSR count). The van der Waals surface area contributed by atoms with Crippen LogP contribution in [0.5, 0.6) is 0 Å². The Morgan fingerprint density at radius 3 is 2.44 bits per heavy atom. The van der Waals surface area contributed by atoms with Gasteiger partial charge in [-0.25, -0.2) is 4.79 Å². The second kappa shape index (κ2) is 5.59. The third-order valence-corrected chi connectivity index (χ3v) is 4.06. The molecule has 2 heterocycles. The highest BCUT2D eigenvalue weighted by Crippen LogP contribution is 2.24. The van der Waals surface area contributed by atoms with Gasteiger partial charge in [-0.2, -0.15) is 0 Å². The van der Waals surface area contributed by atoms with Gasteiger partial charge in [-0.05, 0) is 18.8 Å². The van der Waals surface area contributed by atoms with E-state index in [1.165, 1.54) is 6.42 Å². The van der Waals surface area contributed by atoms with Crippen molar-refractivity contribution in [3.05, 3.63) is 0 Å². The quantitative estimate of drug-likeness (QED) is 0.832. The lowest BCUT2D eigenvalue weighted by Gasteiger charge is -2.43. The molecule has 5 heteroatoms. The SMILES string of the molecule is CCC1CCCN(C(=O)N2CC(CC(=O)O)C2)C1. The Morgan fingerprint density at radius 2 is 1.83 bits per heavy atom. The number of hydrogen-bond donors (Lipinski definition) is 1. The summed E-state index contributed by atoms with van der Waals surface area (Å²) in [6.45, 7) is 5.12.